The Kier molecular flexibility index (Phi) is 4.66. The molecule has 0 saturated heterocycles. The van der Waals surface area contributed by atoms with E-state index in [4.69, 9.17) is 0 Å². The third-order valence-corrected chi connectivity index (χ3v) is 3.90. The van der Waals surface area contributed by atoms with E-state index in [2.05, 4.69) is 30.1 Å². The summed E-state index contributed by atoms with van der Waals surface area (Å²) in [5.74, 6) is -1.34. The lowest BCUT2D eigenvalue weighted by atomic mass is 10.1. The number of hydrogen-bond donors (Lipinski definition) is 2. The molecule has 0 spiro atoms. The molecule has 12 heteroatoms. The van der Waals surface area contributed by atoms with Crippen LogP contribution in [0.25, 0.3) is 16.9 Å². The normalized spacial score (nSPS) is 11.4. The van der Waals surface area contributed by atoms with Gasteiger partial charge in [0.1, 0.15) is 23.5 Å². The van der Waals surface area contributed by atoms with E-state index < -0.39 is 18.0 Å². The van der Waals surface area contributed by atoms with E-state index in [0.717, 1.165) is 12.4 Å². The highest BCUT2D eigenvalue weighted by atomic mass is 19.4. The number of aromatic hydroxyl groups is 1. The second-order valence-electron chi connectivity index (χ2n) is 5.90. The molecule has 0 aliphatic rings. The van der Waals surface area contributed by atoms with Gasteiger partial charge < -0.3 is 15.2 Å². The number of carbonyl (C=O) groups excluding carboxylic acids is 1. The third kappa shape index (κ3) is 3.97. The van der Waals surface area contributed by atoms with Crippen molar-refractivity contribution in [2.75, 3.05) is 5.32 Å². The molecule has 0 fully saturated rings. The van der Waals surface area contributed by atoms with E-state index >= 15 is 0 Å². The number of anilines is 1. The van der Waals surface area contributed by atoms with Crippen LogP contribution in [0.3, 0.4) is 0 Å². The van der Waals surface area contributed by atoms with Crippen molar-refractivity contribution < 1.29 is 27.8 Å². The summed E-state index contributed by atoms with van der Waals surface area (Å²) in [7, 11) is 0. The Morgan fingerprint density at radius 2 is 1.97 bits per heavy atom. The summed E-state index contributed by atoms with van der Waals surface area (Å²) < 4.78 is 43.5. The summed E-state index contributed by atoms with van der Waals surface area (Å²) in [5, 5.41) is 15.9. The lowest BCUT2D eigenvalue weighted by Gasteiger charge is -2.13. The highest BCUT2D eigenvalue weighted by Crippen LogP contribution is 2.33. The van der Waals surface area contributed by atoms with Crippen LogP contribution in [0.15, 0.2) is 55.1 Å². The molecule has 3 heterocycles. The number of nitrogens with one attached hydrogen (secondary N) is 1. The second kappa shape index (κ2) is 7.31. The van der Waals surface area contributed by atoms with Crippen molar-refractivity contribution in [3.8, 4) is 22.9 Å². The number of rotatable bonds is 4. The molecular weight excluding hydrogens is 405 g/mol. The minimum Gasteiger partial charge on any atom is -0.493 e. The SMILES string of the molecule is O=C(Nc1cc(O)ncn1)c1cnn2ccc(-c3ccccc3OC(F)(F)F)nc12. The molecule has 0 bridgehead atoms. The van der Waals surface area contributed by atoms with Crippen molar-refractivity contribution in [3.05, 3.63) is 60.7 Å². The summed E-state index contributed by atoms with van der Waals surface area (Å²) in [6.07, 6.45) is -1.10. The first kappa shape index (κ1) is 19.1. The highest BCUT2D eigenvalue weighted by molar-refractivity contribution is 6.07. The summed E-state index contributed by atoms with van der Waals surface area (Å²) in [4.78, 5) is 24.2. The van der Waals surface area contributed by atoms with Gasteiger partial charge in [-0.05, 0) is 18.2 Å². The van der Waals surface area contributed by atoms with Crippen LogP contribution in [0.1, 0.15) is 10.4 Å². The molecular formula is C18H11F3N6O3. The van der Waals surface area contributed by atoms with Crippen molar-refractivity contribution in [1.82, 2.24) is 24.6 Å². The smallest absolute Gasteiger partial charge is 0.493 e. The molecule has 0 aliphatic carbocycles. The molecule has 0 unspecified atom stereocenters. The van der Waals surface area contributed by atoms with Gasteiger partial charge in [-0.2, -0.15) is 5.10 Å². The summed E-state index contributed by atoms with van der Waals surface area (Å²) in [6.45, 7) is 0. The molecule has 9 nitrogen and oxygen atoms in total. The number of fused-ring (bicyclic) bond motifs is 1. The number of hydrogen-bond acceptors (Lipinski definition) is 7. The van der Waals surface area contributed by atoms with Gasteiger partial charge in [-0.15, -0.1) is 13.2 Å². The fraction of sp³-hybridized carbons (Fsp3) is 0.0556. The zero-order valence-corrected chi connectivity index (χ0v) is 14.8. The van der Waals surface area contributed by atoms with Gasteiger partial charge in [-0.25, -0.2) is 19.5 Å². The number of para-hydroxylation sites is 1. The molecule has 1 aromatic carbocycles. The van der Waals surface area contributed by atoms with E-state index in [9.17, 15) is 23.1 Å². The Hall–Kier alpha value is -4.22. The van der Waals surface area contributed by atoms with E-state index in [-0.39, 0.29) is 34.2 Å². The van der Waals surface area contributed by atoms with Crippen molar-refractivity contribution in [3.63, 3.8) is 0 Å². The molecule has 0 saturated carbocycles. The van der Waals surface area contributed by atoms with Crippen LogP contribution >= 0.6 is 0 Å². The third-order valence-electron chi connectivity index (χ3n) is 3.90. The molecule has 0 atom stereocenters. The quantitative estimate of drug-likeness (QED) is 0.526. The number of amides is 1. The van der Waals surface area contributed by atoms with Gasteiger partial charge in [-0.3, -0.25) is 4.79 Å². The minimum atomic E-state index is -4.87. The van der Waals surface area contributed by atoms with Gasteiger partial charge in [-0.1, -0.05) is 12.1 Å². The Labute approximate surface area is 165 Å². The fourth-order valence-corrected chi connectivity index (χ4v) is 2.67. The average Bonchev–Trinajstić information content (AvgIpc) is 3.10. The maximum atomic E-state index is 12.7. The molecule has 0 radical (unpaired) electrons. The number of alkyl halides is 3. The van der Waals surface area contributed by atoms with E-state index in [1.54, 1.807) is 0 Å². The number of nitrogens with zero attached hydrogens (tertiary/aromatic N) is 5. The van der Waals surface area contributed by atoms with Crippen LogP contribution in [0, 0.1) is 0 Å². The predicted octanol–water partition coefficient (Wildman–Crippen LogP) is 3.04. The number of ether oxygens (including phenoxy) is 1. The van der Waals surface area contributed by atoms with Gasteiger partial charge in [0.25, 0.3) is 5.91 Å². The van der Waals surface area contributed by atoms with Crippen molar-refractivity contribution in [2.24, 2.45) is 0 Å². The Balaban J connectivity index is 1.71. The van der Waals surface area contributed by atoms with Crippen LogP contribution in [-0.2, 0) is 0 Å². The standard InChI is InChI=1S/C18H11F3N6O3/c19-18(20,21)30-13-4-2-1-3-10(13)12-5-6-27-16(25-12)11(8-24-27)17(29)26-14-7-15(28)23-9-22-14/h1-9H,(H2,22,23,26,28,29). The molecule has 4 rings (SSSR count). The Morgan fingerprint density at radius 3 is 2.73 bits per heavy atom. The molecule has 1 amide bonds. The first-order valence-electron chi connectivity index (χ1n) is 8.32. The zero-order valence-electron chi connectivity index (χ0n) is 14.8. The number of benzene rings is 1. The van der Waals surface area contributed by atoms with Crippen LogP contribution in [-0.4, -0.2) is 41.9 Å². The van der Waals surface area contributed by atoms with Crippen LogP contribution in [0.2, 0.25) is 0 Å². The predicted molar refractivity (Wildman–Crippen MR) is 96.8 cm³/mol. The minimum absolute atomic E-state index is 0.0455. The molecule has 30 heavy (non-hydrogen) atoms. The summed E-state index contributed by atoms with van der Waals surface area (Å²) in [5.41, 5.74) is 0.386. The Morgan fingerprint density at radius 1 is 1.17 bits per heavy atom. The van der Waals surface area contributed by atoms with Crippen LogP contribution in [0.5, 0.6) is 11.6 Å². The monoisotopic (exact) mass is 416 g/mol. The van der Waals surface area contributed by atoms with E-state index in [0.29, 0.717) is 0 Å². The maximum Gasteiger partial charge on any atom is 0.573 e. The highest BCUT2D eigenvalue weighted by Gasteiger charge is 2.32. The Bertz CT molecular complexity index is 1240. The number of aromatic nitrogens is 5. The molecule has 152 valence electrons. The van der Waals surface area contributed by atoms with Gasteiger partial charge >= 0.3 is 6.36 Å². The summed E-state index contributed by atoms with van der Waals surface area (Å²) in [6, 6.07) is 8.11. The molecule has 3 aromatic heterocycles. The maximum absolute atomic E-state index is 12.7. The van der Waals surface area contributed by atoms with Crippen LogP contribution < -0.4 is 10.1 Å². The van der Waals surface area contributed by atoms with Gasteiger partial charge in [0.15, 0.2) is 5.65 Å². The molecule has 0 aliphatic heterocycles. The second-order valence-corrected chi connectivity index (χ2v) is 5.90. The van der Waals surface area contributed by atoms with Crippen molar-refractivity contribution >= 4 is 17.4 Å². The van der Waals surface area contributed by atoms with Gasteiger partial charge in [0.05, 0.1) is 11.9 Å². The summed E-state index contributed by atoms with van der Waals surface area (Å²) >= 11 is 0. The van der Waals surface area contributed by atoms with Crippen molar-refractivity contribution in [1.29, 1.82) is 0 Å². The fourth-order valence-electron chi connectivity index (χ4n) is 2.67. The van der Waals surface area contributed by atoms with E-state index in [1.807, 2.05) is 0 Å². The first-order chi connectivity index (χ1) is 14.3. The van der Waals surface area contributed by atoms with Gasteiger partial charge in [0, 0.05) is 17.8 Å². The average molecular weight is 416 g/mol. The largest absolute Gasteiger partial charge is 0.573 e. The molecule has 2 N–H and O–H groups in total. The van der Waals surface area contributed by atoms with Crippen LogP contribution in [0.4, 0.5) is 19.0 Å². The van der Waals surface area contributed by atoms with Crippen molar-refractivity contribution in [2.45, 2.75) is 6.36 Å². The topological polar surface area (TPSA) is 115 Å². The number of halogens is 3. The van der Waals surface area contributed by atoms with E-state index in [1.165, 1.54) is 47.2 Å². The lowest BCUT2D eigenvalue weighted by Crippen LogP contribution is -2.17. The zero-order chi connectivity index (χ0) is 21.3. The number of carbonyl (C=O) groups is 1. The van der Waals surface area contributed by atoms with Gasteiger partial charge in [0.2, 0.25) is 5.88 Å². The first-order valence-corrected chi connectivity index (χ1v) is 8.32. The lowest BCUT2D eigenvalue weighted by molar-refractivity contribution is -0.274. The molecule has 4 aromatic rings.